The highest BCUT2D eigenvalue weighted by atomic mass is 127. The number of benzene rings is 1. The fourth-order valence-corrected chi connectivity index (χ4v) is 3.62. The third-order valence-corrected chi connectivity index (χ3v) is 5.60. The number of nitrogens with zero attached hydrogens (tertiary/aromatic N) is 2. The molecule has 0 bridgehead atoms. The van der Waals surface area contributed by atoms with E-state index in [-0.39, 0.29) is 15.7 Å². The number of esters is 2. The van der Waals surface area contributed by atoms with Crippen molar-refractivity contribution in [3.05, 3.63) is 32.9 Å². The lowest BCUT2D eigenvalue weighted by Gasteiger charge is -2.40. The Balaban J connectivity index is 2.43. The van der Waals surface area contributed by atoms with Crippen LogP contribution in [0.4, 0.5) is 8.78 Å². The summed E-state index contributed by atoms with van der Waals surface area (Å²) in [5.74, 6) is -4.13. The average molecular weight is 510 g/mol. The fraction of sp³-hybridized carbons (Fsp3) is 0.500. The second-order valence-electron chi connectivity index (χ2n) is 6.53. The number of hydrogen-bond acceptors (Lipinski definition) is 6. The molecule has 1 aliphatic rings. The molecular weight excluding hydrogens is 489 g/mol. The summed E-state index contributed by atoms with van der Waals surface area (Å²) in [6.45, 7) is 1.57. The van der Waals surface area contributed by atoms with Crippen molar-refractivity contribution in [2.45, 2.75) is 38.3 Å². The Kier molecular flexibility index (Phi) is 7.32. The molecular formula is C18H21F2IN2O5. The maximum Gasteiger partial charge on any atom is 0.327 e. The van der Waals surface area contributed by atoms with E-state index in [1.807, 2.05) is 0 Å². The highest BCUT2D eigenvalue weighted by Crippen LogP contribution is 2.33. The van der Waals surface area contributed by atoms with Crippen molar-refractivity contribution in [2.24, 2.45) is 0 Å². The topological polar surface area (TPSA) is 76.2 Å². The molecule has 0 aromatic heterocycles. The Morgan fingerprint density at radius 3 is 2.50 bits per heavy atom. The quantitative estimate of drug-likeness (QED) is 0.253. The predicted octanol–water partition coefficient (Wildman–Crippen LogP) is 2.40. The van der Waals surface area contributed by atoms with E-state index in [2.05, 4.69) is 4.74 Å². The normalized spacial score (nSPS) is 19.4. The lowest BCUT2D eigenvalue weighted by Crippen LogP contribution is -2.58. The Bertz CT molecular complexity index is 791. The molecule has 1 amide bonds. The molecule has 1 saturated heterocycles. The van der Waals surface area contributed by atoms with E-state index in [0.29, 0.717) is 19.4 Å². The van der Waals surface area contributed by atoms with Crippen molar-refractivity contribution in [3.63, 3.8) is 0 Å². The first-order valence-corrected chi connectivity index (χ1v) is 9.59. The zero-order chi connectivity index (χ0) is 21.1. The number of ether oxygens (including phenoxy) is 2. The minimum absolute atomic E-state index is 0.0738. The Labute approximate surface area is 175 Å². The maximum atomic E-state index is 14.4. The Hall–Kier alpha value is -1.82. The van der Waals surface area contributed by atoms with Gasteiger partial charge < -0.3 is 9.47 Å². The van der Waals surface area contributed by atoms with Gasteiger partial charge in [-0.25, -0.2) is 18.6 Å². The Morgan fingerprint density at radius 1 is 1.21 bits per heavy atom. The van der Waals surface area contributed by atoms with Crippen molar-refractivity contribution < 1.29 is 32.6 Å². The van der Waals surface area contributed by atoms with Crippen LogP contribution in [-0.4, -0.2) is 54.2 Å². The monoisotopic (exact) mass is 510 g/mol. The lowest BCUT2D eigenvalue weighted by molar-refractivity contribution is -0.176. The van der Waals surface area contributed by atoms with Crippen molar-refractivity contribution >= 4 is 40.4 Å². The van der Waals surface area contributed by atoms with Crippen molar-refractivity contribution in [2.75, 3.05) is 20.8 Å². The first-order chi connectivity index (χ1) is 13.2. The zero-order valence-corrected chi connectivity index (χ0v) is 17.9. The van der Waals surface area contributed by atoms with Crippen LogP contribution in [0.5, 0.6) is 0 Å². The van der Waals surface area contributed by atoms with Crippen LogP contribution >= 0.6 is 22.6 Å². The van der Waals surface area contributed by atoms with Gasteiger partial charge in [0.15, 0.2) is 11.6 Å². The summed E-state index contributed by atoms with van der Waals surface area (Å²) in [7, 11) is 2.38. The third kappa shape index (κ3) is 4.43. The Morgan fingerprint density at radius 2 is 1.89 bits per heavy atom. The minimum Gasteiger partial charge on any atom is -0.469 e. The van der Waals surface area contributed by atoms with Crippen molar-refractivity contribution in [3.8, 4) is 0 Å². The highest BCUT2D eigenvalue weighted by molar-refractivity contribution is 14.1. The van der Waals surface area contributed by atoms with Crippen LogP contribution in [0.25, 0.3) is 0 Å². The summed E-state index contributed by atoms with van der Waals surface area (Å²) < 4.78 is 37.9. The first-order valence-electron chi connectivity index (χ1n) is 8.51. The SMILES string of the molecule is COC(=O)CC(=O)N(Cc1ccc(I)c(F)c1F)N1CCC[C@]1(C)C(=O)OC. The van der Waals surface area contributed by atoms with Crippen molar-refractivity contribution in [1.29, 1.82) is 0 Å². The van der Waals surface area contributed by atoms with E-state index in [1.165, 1.54) is 24.3 Å². The lowest BCUT2D eigenvalue weighted by atomic mass is 10.0. The zero-order valence-electron chi connectivity index (χ0n) is 15.8. The van der Waals surface area contributed by atoms with Crippen LogP contribution in [0.3, 0.4) is 0 Å². The van der Waals surface area contributed by atoms with Gasteiger partial charge in [-0.3, -0.25) is 14.6 Å². The highest BCUT2D eigenvalue weighted by Gasteiger charge is 2.48. The van der Waals surface area contributed by atoms with Gasteiger partial charge in [0, 0.05) is 12.1 Å². The molecule has 7 nitrogen and oxygen atoms in total. The van der Waals surface area contributed by atoms with Crippen LogP contribution in [0, 0.1) is 15.2 Å². The molecule has 2 rings (SSSR count). The molecule has 0 unspecified atom stereocenters. The standard InChI is InChI=1S/C18H21F2IN2O5/c1-18(17(26)28-3)7-4-8-23(18)22(13(24)9-14(25)27-2)10-11-5-6-12(21)16(20)15(11)19/h5-6H,4,7-10H2,1-3H3/t18-/m1/s1. The number of rotatable bonds is 6. The summed E-state index contributed by atoms with van der Waals surface area (Å²) in [6.07, 6.45) is 0.390. The molecule has 1 aromatic carbocycles. The van der Waals surface area contributed by atoms with E-state index in [1.54, 1.807) is 29.5 Å². The molecule has 1 fully saturated rings. The van der Waals surface area contributed by atoms with Gasteiger partial charge in [-0.15, -0.1) is 0 Å². The fourth-order valence-electron chi connectivity index (χ4n) is 3.21. The molecule has 1 aromatic rings. The largest absolute Gasteiger partial charge is 0.469 e. The molecule has 0 saturated carbocycles. The number of carbonyl (C=O) groups is 3. The summed E-state index contributed by atoms with van der Waals surface area (Å²) in [4.78, 5) is 36.7. The van der Waals surface area contributed by atoms with Gasteiger partial charge in [0.2, 0.25) is 5.91 Å². The minimum atomic E-state index is -1.17. The van der Waals surface area contributed by atoms with Gasteiger partial charge in [0.25, 0.3) is 0 Å². The molecule has 1 heterocycles. The van der Waals surface area contributed by atoms with E-state index < -0.39 is 41.4 Å². The molecule has 28 heavy (non-hydrogen) atoms. The molecule has 0 radical (unpaired) electrons. The van der Waals surface area contributed by atoms with Crippen LogP contribution in [-0.2, 0) is 30.4 Å². The molecule has 1 aliphatic heterocycles. The molecule has 1 atom stereocenters. The van der Waals surface area contributed by atoms with Gasteiger partial charge in [0.1, 0.15) is 12.0 Å². The molecule has 154 valence electrons. The number of halogens is 3. The number of methoxy groups -OCH3 is 2. The van der Waals surface area contributed by atoms with E-state index in [4.69, 9.17) is 4.74 Å². The van der Waals surface area contributed by atoms with Gasteiger partial charge in [-0.1, -0.05) is 6.07 Å². The first kappa shape index (κ1) is 22.5. The second-order valence-corrected chi connectivity index (χ2v) is 7.69. The number of amides is 1. The summed E-state index contributed by atoms with van der Waals surface area (Å²) in [5.41, 5.74) is -1.24. The third-order valence-electron chi connectivity index (χ3n) is 4.77. The maximum absolute atomic E-state index is 14.4. The van der Waals surface area contributed by atoms with Gasteiger partial charge in [-0.2, -0.15) is 0 Å². The van der Waals surface area contributed by atoms with Crippen LogP contribution in [0.15, 0.2) is 12.1 Å². The van der Waals surface area contributed by atoms with Crippen LogP contribution in [0.1, 0.15) is 31.7 Å². The summed E-state index contributed by atoms with van der Waals surface area (Å²) in [5, 5.41) is 2.56. The number of hydrogen-bond donors (Lipinski definition) is 0. The van der Waals surface area contributed by atoms with E-state index in [0.717, 1.165) is 12.1 Å². The van der Waals surface area contributed by atoms with Crippen LogP contribution in [0.2, 0.25) is 0 Å². The molecule has 0 aliphatic carbocycles. The second kappa shape index (κ2) is 9.12. The summed E-state index contributed by atoms with van der Waals surface area (Å²) in [6, 6.07) is 2.75. The van der Waals surface area contributed by atoms with Gasteiger partial charge in [-0.05, 0) is 48.4 Å². The number of carbonyl (C=O) groups excluding carboxylic acids is 3. The van der Waals surface area contributed by atoms with E-state index in [9.17, 15) is 23.2 Å². The van der Waals surface area contributed by atoms with E-state index >= 15 is 0 Å². The van der Waals surface area contributed by atoms with Gasteiger partial charge in [0.05, 0.1) is 24.3 Å². The average Bonchev–Trinajstić information content (AvgIpc) is 3.07. The van der Waals surface area contributed by atoms with Crippen LogP contribution < -0.4 is 0 Å². The van der Waals surface area contributed by atoms with Crippen molar-refractivity contribution in [1.82, 2.24) is 10.0 Å². The number of hydrazine groups is 1. The predicted molar refractivity (Wildman–Crippen MR) is 103 cm³/mol. The molecule has 10 heteroatoms. The molecule has 0 spiro atoms. The van der Waals surface area contributed by atoms with Gasteiger partial charge >= 0.3 is 11.9 Å². The smallest absolute Gasteiger partial charge is 0.327 e. The summed E-state index contributed by atoms with van der Waals surface area (Å²) >= 11 is 1.66. The molecule has 0 N–H and O–H groups in total.